The molecule has 0 aromatic carbocycles. The van der Waals surface area contributed by atoms with Crippen LogP contribution in [0.1, 0.15) is 11.3 Å². The zero-order chi connectivity index (χ0) is 13.0. The normalized spacial score (nSPS) is 10.1. The average Bonchev–Trinajstić information content (AvgIpc) is 2.38. The Hall–Kier alpha value is -2.57. The first kappa shape index (κ1) is 11.9. The smallest absolute Gasteiger partial charge is 0.287 e. The molecule has 92 valence electrons. The number of anilines is 1. The fraction of sp³-hybridized carbons (Fsp3) is 0.182. The summed E-state index contributed by atoms with van der Waals surface area (Å²) in [5.74, 6) is 0.603. The van der Waals surface area contributed by atoms with E-state index in [1.54, 1.807) is 19.2 Å². The molecule has 1 N–H and O–H groups in total. The van der Waals surface area contributed by atoms with Crippen molar-refractivity contribution in [3.05, 3.63) is 52.0 Å². The van der Waals surface area contributed by atoms with Gasteiger partial charge in [-0.1, -0.05) is 0 Å². The van der Waals surface area contributed by atoms with Gasteiger partial charge in [-0.3, -0.25) is 10.1 Å². The van der Waals surface area contributed by atoms with Crippen LogP contribution in [0.4, 0.5) is 11.5 Å². The predicted octanol–water partition coefficient (Wildman–Crippen LogP) is 1.70. The van der Waals surface area contributed by atoms with Gasteiger partial charge in [-0.2, -0.15) is 10.2 Å². The quantitative estimate of drug-likeness (QED) is 0.650. The number of aryl methyl sites for hydroxylation is 1. The molecule has 2 aromatic rings. The Bertz CT molecular complexity index is 559. The number of nitrogens with zero attached hydrogens (tertiary/aromatic N) is 4. The molecule has 0 aliphatic rings. The third-order valence-electron chi connectivity index (χ3n) is 2.34. The second-order valence-corrected chi connectivity index (χ2v) is 3.68. The van der Waals surface area contributed by atoms with Gasteiger partial charge < -0.3 is 5.32 Å². The molecule has 0 bridgehead atoms. The molecule has 0 spiro atoms. The lowest BCUT2D eigenvalue weighted by atomic mass is 10.2. The van der Waals surface area contributed by atoms with Gasteiger partial charge in [0, 0.05) is 12.3 Å². The molecule has 0 unspecified atom stereocenters. The summed E-state index contributed by atoms with van der Waals surface area (Å²) in [4.78, 5) is 14.1. The van der Waals surface area contributed by atoms with Crippen molar-refractivity contribution in [3.8, 4) is 0 Å². The van der Waals surface area contributed by atoms with E-state index < -0.39 is 4.92 Å². The van der Waals surface area contributed by atoms with Crippen LogP contribution in [0.25, 0.3) is 0 Å². The van der Waals surface area contributed by atoms with Gasteiger partial charge in [0.2, 0.25) is 0 Å². The number of nitrogens with one attached hydrogen (secondary N) is 1. The minimum absolute atomic E-state index is 0.0162. The number of rotatable bonds is 4. The fourth-order valence-electron chi connectivity index (χ4n) is 1.45. The number of aromatic nitrogens is 3. The molecule has 7 heteroatoms. The van der Waals surface area contributed by atoms with E-state index in [0.717, 1.165) is 5.69 Å². The molecule has 0 aliphatic carbocycles. The first-order chi connectivity index (χ1) is 8.66. The minimum atomic E-state index is -0.466. The molecule has 0 radical (unpaired) electrons. The lowest BCUT2D eigenvalue weighted by Gasteiger charge is -2.07. The summed E-state index contributed by atoms with van der Waals surface area (Å²) in [5.41, 5.74) is 1.47. The van der Waals surface area contributed by atoms with Crippen LogP contribution in [0.2, 0.25) is 0 Å². The third kappa shape index (κ3) is 2.76. The first-order valence-electron chi connectivity index (χ1n) is 5.28. The molecule has 2 heterocycles. The maximum atomic E-state index is 10.6. The lowest BCUT2D eigenvalue weighted by Crippen LogP contribution is -2.05. The van der Waals surface area contributed by atoms with Crippen molar-refractivity contribution in [2.24, 2.45) is 0 Å². The van der Waals surface area contributed by atoms with E-state index >= 15 is 0 Å². The molecule has 18 heavy (non-hydrogen) atoms. The van der Waals surface area contributed by atoms with Crippen molar-refractivity contribution in [2.75, 3.05) is 5.32 Å². The van der Waals surface area contributed by atoms with Crippen LogP contribution in [0, 0.1) is 17.0 Å². The largest absolute Gasteiger partial charge is 0.364 e. The van der Waals surface area contributed by atoms with Crippen molar-refractivity contribution in [2.45, 2.75) is 13.5 Å². The second kappa shape index (κ2) is 5.17. The van der Waals surface area contributed by atoms with E-state index in [-0.39, 0.29) is 5.69 Å². The van der Waals surface area contributed by atoms with E-state index in [0.29, 0.717) is 17.9 Å². The maximum absolute atomic E-state index is 10.6. The van der Waals surface area contributed by atoms with Crippen LogP contribution < -0.4 is 5.32 Å². The highest BCUT2D eigenvalue weighted by Gasteiger charge is 2.09. The fourth-order valence-corrected chi connectivity index (χ4v) is 1.45. The van der Waals surface area contributed by atoms with Gasteiger partial charge in [0.15, 0.2) is 0 Å². The molecule has 0 fully saturated rings. The zero-order valence-electron chi connectivity index (χ0n) is 9.70. The van der Waals surface area contributed by atoms with Gasteiger partial charge in [0.1, 0.15) is 12.0 Å². The lowest BCUT2D eigenvalue weighted by molar-refractivity contribution is -0.385. The Morgan fingerprint density at radius 1 is 1.50 bits per heavy atom. The van der Waals surface area contributed by atoms with Crippen LogP contribution in [-0.4, -0.2) is 20.1 Å². The van der Waals surface area contributed by atoms with Crippen LogP contribution in [0.15, 0.2) is 30.6 Å². The van der Waals surface area contributed by atoms with E-state index in [1.165, 1.54) is 12.3 Å². The monoisotopic (exact) mass is 245 g/mol. The Kier molecular flexibility index (Phi) is 3.42. The number of hydrogen-bond acceptors (Lipinski definition) is 6. The molecular weight excluding hydrogens is 234 g/mol. The number of hydrogen-bond donors (Lipinski definition) is 1. The summed E-state index contributed by atoms with van der Waals surface area (Å²) in [7, 11) is 0. The SMILES string of the molecule is Cc1cc([N+](=O)[O-])cnc1NCc1cccnn1. The summed E-state index contributed by atoms with van der Waals surface area (Å²) in [6.45, 7) is 2.23. The number of nitro groups is 1. The topological polar surface area (TPSA) is 93.8 Å². The number of pyridine rings is 1. The Morgan fingerprint density at radius 3 is 2.94 bits per heavy atom. The Labute approximate surface area is 103 Å². The summed E-state index contributed by atoms with van der Waals surface area (Å²) in [5, 5.41) is 21.3. The average molecular weight is 245 g/mol. The van der Waals surface area contributed by atoms with Gasteiger partial charge in [-0.05, 0) is 24.6 Å². The molecule has 0 saturated carbocycles. The highest BCUT2D eigenvalue weighted by Crippen LogP contribution is 2.18. The zero-order valence-corrected chi connectivity index (χ0v) is 9.70. The van der Waals surface area contributed by atoms with Gasteiger partial charge in [0.05, 0.1) is 17.2 Å². The summed E-state index contributed by atoms with van der Waals surface area (Å²) < 4.78 is 0. The highest BCUT2D eigenvalue weighted by molar-refractivity contribution is 5.48. The molecule has 0 amide bonds. The van der Waals surface area contributed by atoms with Crippen LogP contribution in [0.3, 0.4) is 0 Å². The Balaban J connectivity index is 2.08. The summed E-state index contributed by atoms with van der Waals surface area (Å²) in [6.07, 6.45) is 2.82. The molecule has 0 atom stereocenters. The third-order valence-corrected chi connectivity index (χ3v) is 2.34. The molecule has 2 rings (SSSR count). The van der Waals surface area contributed by atoms with E-state index in [2.05, 4.69) is 20.5 Å². The molecule has 0 saturated heterocycles. The van der Waals surface area contributed by atoms with Crippen LogP contribution in [0.5, 0.6) is 0 Å². The molecule has 0 aliphatic heterocycles. The van der Waals surface area contributed by atoms with Crippen molar-refractivity contribution in [1.29, 1.82) is 0 Å². The van der Waals surface area contributed by atoms with Crippen molar-refractivity contribution in [3.63, 3.8) is 0 Å². The summed E-state index contributed by atoms with van der Waals surface area (Å²) in [6, 6.07) is 5.10. The van der Waals surface area contributed by atoms with E-state index in [9.17, 15) is 10.1 Å². The standard InChI is InChI=1S/C11H11N5O2/c1-8-5-10(16(17)18)7-13-11(8)12-6-9-3-2-4-14-15-9/h2-5,7H,6H2,1H3,(H,12,13). The molecule has 2 aromatic heterocycles. The van der Waals surface area contributed by atoms with Crippen molar-refractivity contribution >= 4 is 11.5 Å². The van der Waals surface area contributed by atoms with Gasteiger partial charge in [0.25, 0.3) is 5.69 Å². The minimum Gasteiger partial charge on any atom is -0.364 e. The van der Waals surface area contributed by atoms with Gasteiger partial charge in [-0.25, -0.2) is 4.98 Å². The summed E-state index contributed by atoms with van der Waals surface area (Å²) >= 11 is 0. The van der Waals surface area contributed by atoms with E-state index in [1.807, 2.05) is 6.07 Å². The predicted molar refractivity (Wildman–Crippen MR) is 65.0 cm³/mol. The Morgan fingerprint density at radius 2 is 2.33 bits per heavy atom. The van der Waals surface area contributed by atoms with Gasteiger partial charge >= 0.3 is 0 Å². The highest BCUT2D eigenvalue weighted by atomic mass is 16.6. The second-order valence-electron chi connectivity index (χ2n) is 3.68. The molecular formula is C11H11N5O2. The van der Waals surface area contributed by atoms with Crippen molar-refractivity contribution in [1.82, 2.24) is 15.2 Å². The van der Waals surface area contributed by atoms with Crippen LogP contribution in [-0.2, 0) is 6.54 Å². The molecule has 7 nitrogen and oxygen atoms in total. The van der Waals surface area contributed by atoms with E-state index in [4.69, 9.17) is 0 Å². The van der Waals surface area contributed by atoms with Gasteiger partial charge in [-0.15, -0.1) is 0 Å². The van der Waals surface area contributed by atoms with Crippen LogP contribution >= 0.6 is 0 Å². The maximum Gasteiger partial charge on any atom is 0.287 e. The first-order valence-corrected chi connectivity index (χ1v) is 5.28. The van der Waals surface area contributed by atoms with Crippen molar-refractivity contribution < 1.29 is 4.92 Å².